The van der Waals surface area contributed by atoms with Crippen molar-refractivity contribution < 1.29 is 4.79 Å². The average molecular weight is 429 g/mol. The Morgan fingerprint density at radius 1 is 1.10 bits per heavy atom. The highest BCUT2D eigenvalue weighted by Gasteiger charge is 2.14. The highest BCUT2D eigenvalue weighted by Crippen LogP contribution is 2.28. The van der Waals surface area contributed by atoms with Gasteiger partial charge in [-0.3, -0.25) is 4.79 Å². The molecule has 0 aliphatic rings. The highest BCUT2D eigenvalue weighted by atomic mass is 35.5. The molecule has 0 bridgehead atoms. The van der Waals surface area contributed by atoms with Gasteiger partial charge in [-0.05, 0) is 31.2 Å². The molecular formula is C20H21ClN6OS. The van der Waals surface area contributed by atoms with Gasteiger partial charge in [0.05, 0.1) is 16.0 Å². The van der Waals surface area contributed by atoms with Gasteiger partial charge in [0, 0.05) is 17.9 Å². The topological polar surface area (TPSA) is 106 Å². The minimum Gasteiger partial charge on any atom is -0.368 e. The van der Waals surface area contributed by atoms with Gasteiger partial charge in [0.15, 0.2) is 0 Å². The molecule has 0 spiro atoms. The summed E-state index contributed by atoms with van der Waals surface area (Å²) < 4.78 is 0. The van der Waals surface area contributed by atoms with E-state index < -0.39 is 0 Å². The monoisotopic (exact) mass is 428 g/mol. The van der Waals surface area contributed by atoms with Crippen LogP contribution in [0.2, 0.25) is 5.02 Å². The lowest BCUT2D eigenvalue weighted by Gasteiger charge is -2.12. The number of carbonyl (C=O) groups excluding carboxylic acids is 1. The molecule has 1 unspecified atom stereocenters. The summed E-state index contributed by atoms with van der Waals surface area (Å²) in [5, 5.41) is 6.40. The van der Waals surface area contributed by atoms with E-state index in [9.17, 15) is 4.79 Å². The van der Waals surface area contributed by atoms with Crippen LogP contribution >= 0.6 is 23.4 Å². The third kappa shape index (κ3) is 6.33. The lowest BCUT2D eigenvalue weighted by Crippen LogP contribution is -2.13. The van der Waals surface area contributed by atoms with Gasteiger partial charge in [-0.25, -0.2) is 0 Å². The molecule has 1 atom stereocenters. The Morgan fingerprint density at radius 2 is 1.83 bits per heavy atom. The number of rotatable bonds is 8. The summed E-state index contributed by atoms with van der Waals surface area (Å²) in [7, 11) is 0. The first-order chi connectivity index (χ1) is 14.0. The van der Waals surface area contributed by atoms with Crippen molar-refractivity contribution in [1.29, 1.82) is 0 Å². The van der Waals surface area contributed by atoms with Crippen LogP contribution in [0.3, 0.4) is 0 Å². The molecular weight excluding hydrogens is 408 g/mol. The second-order valence-corrected chi connectivity index (χ2v) is 8.01. The first kappa shape index (κ1) is 20.9. The second kappa shape index (κ2) is 10.1. The van der Waals surface area contributed by atoms with Crippen molar-refractivity contribution in [3.8, 4) is 0 Å². The van der Waals surface area contributed by atoms with Gasteiger partial charge in [-0.1, -0.05) is 41.9 Å². The minimum atomic E-state index is -0.0978. The van der Waals surface area contributed by atoms with E-state index in [-0.39, 0.29) is 17.1 Å². The van der Waals surface area contributed by atoms with Gasteiger partial charge >= 0.3 is 0 Å². The predicted octanol–water partition coefficient (Wildman–Crippen LogP) is 4.67. The van der Waals surface area contributed by atoms with Crippen molar-refractivity contribution in [2.24, 2.45) is 0 Å². The average Bonchev–Trinajstić information content (AvgIpc) is 2.70. The molecule has 0 aliphatic carbocycles. The Labute approximate surface area is 178 Å². The number of nitrogen functional groups attached to an aromatic ring is 1. The molecule has 2 aromatic carbocycles. The fourth-order valence-corrected chi connectivity index (χ4v) is 3.57. The summed E-state index contributed by atoms with van der Waals surface area (Å²) in [5.41, 5.74) is 7.31. The summed E-state index contributed by atoms with van der Waals surface area (Å²) in [6.07, 6.45) is 0.343. The number of carbonyl (C=O) groups is 1. The summed E-state index contributed by atoms with van der Waals surface area (Å²) in [4.78, 5) is 25.0. The van der Waals surface area contributed by atoms with E-state index in [1.807, 2.05) is 49.4 Å². The molecule has 150 valence electrons. The molecule has 1 heterocycles. The Balaban J connectivity index is 1.54. The zero-order valence-corrected chi connectivity index (χ0v) is 17.4. The molecule has 0 fully saturated rings. The van der Waals surface area contributed by atoms with Crippen molar-refractivity contribution in [2.45, 2.75) is 18.6 Å². The van der Waals surface area contributed by atoms with E-state index in [2.05, 4.69) is 25.6 Å². The van der Waals surface area contributed by atoms with Crippen molar-refractivity contribution in [1.82, 2.24) is 15.0 Å². The number of aromatic nitrogens is 3. The maximum atomic E-state index is 12.1. The van der Waals surface area contributed by atoms with Crippen LogP contribution in [-0.2, 0) is 4.79 Å². The van der Waals surface area contributed by atoms with Crippen molar-refractivity contribution in [3.05, 3.63) is 65.4 Å². The number of anilines is 4. The van der Waals surface area contributed by atoms with Gasteiger partial charge in [-0.15, -0.1) is 0 Å². The van der Waals surface area contributed by atoms with Gasteiger partial charge < -0.3 is 16.4 Å². The zero-order valence-electron chi connectivity index (χ0n) is 15.8. The normalized spacial score (nSPS) is 11.7. The maximum Gasteiger partial charge on any atom is 0.232 e. The quantitative estimate of drug-likeness (QED) is 0.478. The van der Waals surface area contributed by atoms with Crippen LogP contribution in [0.25, 0.3) is 0 Å². The predicted molar refractivity (Wildman–Crippen MR) is 120 cm³/mol. The number of hydrogen-bond acceptors (Lipinski definition) is 7. The lowest BCUT2D eigenvalue weighted by atomic mass is 10.3. The third-order valence-electron chi connectivity index (χ3n) is 3.91. The van der Waals surface area contributed by atoms with Gasteiger partial charge in [0.25, 0.3) is 0 Å². The van der Waals surface area contributed by atoms with E-state index in [0.29, 0.717) is 34.7 Å². The number of thioether (sulfide) groups is 1. The molecule has 29 heavy (non-hydrogen) atoms. The standard InChI is InChI=1S/C20H21ClN6OS/c1-13(29-12-11-17(28)24-16-10-6-5-9-15(16)21)18-25-19(22)27-20(26-18)23-14-7-3-2-4-8-14/h2-10,13H,11-12H2,1H3,(H,24,28)(H3,22,23,25,26,27). The fraction of sp³-hybridized carbons (Fsp3) is 0.200. The van der Waals surface area contributed by atoms with E-state index in [1.54, 1.807) is 23.9 Å². The Morgan fingerprint density at radius 3 is 2.59 bits per heavy atom. The number of para-hydroxylation sites is 2. The van der Waals surface area contributed by atoms with E-state index in [0.717, 1.165) is 5.69 Å². The number of amides is 1. The van der Waals surface area contributed by atoms with Gasteiger partial charge in [0.2, 0.25) is 17.8 Å². The number of nitrogens with one attached hydrogen (secondary N) is 2. The number of hydrogen-bond donors (Lipinski definition) is 3. The molecule has 3 aromatic rings. The molecule has 0 saturated heterocycles. The van der Waals surface area contributed by atoms with Crippen molar-refractivity contribution >= 4 is 52.5 Å². The minimum absolute atomic E-state index is 0.0512. The van der Waals surface area contributed by atoms with Crippen molar-refractivity contribution in [3.63, 3.8) is 0 Å². The second-order valence-electron chi connectivity index (χ2n) is 6.16. The van der Waals surface area contributed by atoms with Crippen LogP contribution in [0.5, 0.6) is 0 Å². The van der Waals surface area contributed by atoms with Crippen LogP contribution in [0.1, 0.15) is 24.4 Å². The SMILES string of the molecule is CC(SCCC(=O)Nc1ccccc1Cl)c1nc(N)nc(Nc2ccccc2)n1. The van der Waals surface area contributed by atoms with Crippen LogP contribution < -0.4 is 16.4 Å². The van der Waals surface area contributed by atoms with Crippen LogP contribution in [0, 0.1) is 0 Å². The number of nitrogens with two attached hydrogens (primary N) is 1. The van der Waals surface area contributed by atoms with Crippen molar-refractivity contribution in [2.75, 3.05) is 22.1 Å². The van der Waals surface area contributed by atoms with E-state index >= 15 is 0 Å². The van der Waals surface area contributed by atoms with Gasteiger partial charge in [-0.2, -0.15) is 26.7 Å². The zero-order chi connectivity index (χ0) is 20.6. The van der Waals surface area contributed by atoms with E-state index in [1.165, 1.54) is 0 Å². The lowest BCUT2D eigenvalue weighted by molar-refractivity contribution is -0.115. The highest BCUT2D eigenvalue weighted by molar-refractivity contribution is 7.99. The third-order valence-corrected chi connectivity index (χ3v) is 5.39. The molecule has 4 N–H and O–H groups in total. The maximum absolute atomic E-state index is 12.1. The number of halogens is 1. The summed E-state index contributed by atoms with van der Waals surface area (Å²) >= 11 is 7.63. The van der Waals surface area contributed by atoms with E-state index in [4.69, 9.17) is 17.3 Å². The smallest absolute Gasteiger partial charge is 0.232 e. The van der Waals surface area contributed by atoms with Crippen LogP contribution in [-0.4, -0.2) is 26.6 Å². The molecule has 0 aliphatic heterocycles. The first-order valence-corrected chi connectivity index (χ1v) is 10.4. The largest absolute Gasteiger partial charge is 0.368 e. The molecule has 1 amide bonds. The Bertz CT molecular complexity index is 972. The summed E-state index contributed by atoms with van der Waals surface area (Å²) in [6, 6.07) is 16.7. The molecule has 1 aromatic heterocycles. The first-order valence-electron chi connectivity index (χ1n) is 9.01. The summed E-state index contributed by atoms with van der Waals surface area (Å²) in [5.74, 6) is 1.61. The fourth-order valence-electron chi connectivity index (χ4n) is 2.48. The molecule has 3 rings (SSSR count). The van der Waals surface area contributed by atoms with Crippen LogP contribution in [0.4, 0.5) is 23.3 Å². The molecule has 0 saturated carbocycles. The Kier molecular flexibility index (Phi) is 7.26. The van der Waals surface area contributed by atoms with Gasteiger partial charge in [0.1, 0.15) is 5.82 Å². The molecule has 0 radical (unpaired) electrons. The Hall–Kier alpha value is -2.84. The number of benzene rings is 2. The van der Waals surface area contributed by atoms with Crippen LogP contribution in [0.15, 0.2) is 54.6 Å². The summed E-state index contributed by atoms with van der Waals surface area (Å²) in [6.45, 7) is 1.97. The molecule has 7 nitrogen and oxygen atoms in total. The molecule has 9 heteroatoms. The number of nitrogens with zero attached hydrogens (tertiary/aromatic N) is 3.